The molecule has 2 heteroatoms. The molecule has 0 nitrogen and oxygen atoms in total. The first-order valence-electron chi connectivity index (χ1n) is 2.16. The molecule has 0 N–H and O–H groups in total. The lowest BCUT2D eigenvalue weighted by atomic mass is 10.4. The Morgan fingerprint density at radius 2 is 2.33 bits per heavy atom. The summed E-state index contributed by atoms with van der Waals surface area (Å²) in [6, 6.07) is 0. The van der Waals surface area contributed by atoms with E-state index in [0.717, 1.165) is 5.75 Å². The topological polar surface area (TPSA) is 0 Å². The van der Waals surface area contributed by atoms with Gasteiger partial charge in [-0.05, 0) is 12.2 Å². The minimum atomic E-state index is 1.14. The van der Waals surface area contributed by atoms with Crippen LogP contribution in [0.1, 0.15) is 19.8 Å². The molecule has 0 aliphatic carbocycles. The van der Waals surface area contributed by atoms with E-state index in [0.29, 0.717) is 0 Å². The van der Waals surface area contributed by atoms with Crippen molar-refractivity contribution < 1.29 is 0 Å². The van der Waals surface area contributed by atoms with E-state index in [9.17, 15) is 0 Å². The monoisotopic (exact) mass is 121 g/mol. The zero-order valence-electron chi connectivity index (χ0n) is 3.94. The van der Waals surface area contributed by atoms with E-state index in [2.05, 4.69) is 18.6 Å². The molecule has 0 aromatic rings. The second kappa shape index (κ2) is 5.70. The summed E-state index contributed by atoms with van der Waals surface area (Å²) < 4.78 is 0. The van der Waals surface area contributed by atoms with Crippen molar-refractivity contribution in [1.29, 1.82) is 0 Å². The van der Waals surface area contributed by atoms with Gasteiger partial charge in [-0.25, -0.2) is 0 Å². The van der Waals surface area contributed by atoms with Crippen molar-refractivity contribution in [3.05, 3.63) is 0 Å². The molecule has 0 spiro atoms. The molecule has 38 valence electrons. The van der Waals surface area contributed by atoms with Crippen LogP contribution in [-0.4, -0.2) is 5.75 Å². The summed E-state index contributed by atoms with van der Waals surface area (Å²) in [4.78, 5) is 0. The summed E-state index contributed by atoms with van der Waals surface area (Å²) in [6.07, 6.45) is 2.54. The lowest BCUT2D eigenvalue weighted by Gasteiger charge is -1.99. The highest BCUT2D eigenvalue weighted by Gasteiger charge is 1.70. The van der Waals surface area contributed by atoms with Gasteiger partial charge in [0.2, 0.25) is 0 Å². The molecule has 0 aromatic heterocycles. The quantitative estimate of drug-likeness (QED) is 0.318. The lowest BCUT2D eigenvalue weighted by Crippen LogP contribution is -1.70. The van der Waals surface area contributed by atoms with E-state index in [4.69, 9.17) is 0 Å². The summed E-state index contributed by atoms with van der Waals surface area (Å²) in [5.41, 5.74) is 0. The van der Waals surface area contributed by atoms with Crippen LogP contribution >= 0.6 is 10.8 Å². The van der Waals surface area contributed by atoms with Gasteiger partial charge >= 0.3 is 0 Å². The van der Waals surface area contributed by atoms with Gasteiger partial charge in [0.15, 0.2) is 0 Å². The largest absolute Gasteiger partial charge is 0.719 e. The molecule has 0 rings (SSSR count). The number of hydrogen-bond donors (Lipinski definition) is 0. The summed E-state index contributed by atoms with van der Waals surface area (Å²) in [7, 11) is 1.51. The molecular weight excluding hydrogens is 112 g/mol. The molecule has 0 radical (unpaired) electrons. The highest BCUT2D eigenvalue weighted by atomic mass is 33.1. The number of unbranched alkanes of at least 4 members (excludes halogenated alkanes) is 1. The van der Waals surface area contributed by atoms with Crippen molar-refractivity contribution in [2.45, 2.75) is 19.8 Å². The summed E-state index contributed by atoms with van der Waals surface area (Å²) >= 11 is 4.63. The fourth-order valence-electron chi connectivity index (χ4n) is 0.203. The van der Waals surface area contributed by atoms with Crippen LogP contribution in [0, 0.1) is 0 Å². The molecule has 0 aliphatic rings. The lowest BCUT2D eigenvalue weighted by molar-refractivity contribution is 0.898. The second-order valence-electron chi connectivity index (χ2n) is 1.18. The van der Waals surface area contributed by atoms with Gasteiger partial charge in [0, 0.05) is 0 Å². The van der Waals surface area contributed by atoms with Crippen molar-refractivity contribution in [2.75, 3.05) is 5.75 Å². The molecule has 0 saturated carbocycles. The molecule has 0 amide bonds. The Morgan fingerprint density at radius 3 is 2.50 bits per heavy atom. The molecule has 6 heavy (non-hydrogen) atoms. The van der Waals surface area contributed by atoms with Crippen molar-refractivity contribution in [3.8, 4) is 0 Å². The Morgan fingerprint density at radius 1 is 1.67 bits per heavy atom. The maximum atomic E-state index is 4.63. The van der Waals surface area contributed by atoms with Crippen LogP contribution in [0.5, 0.6) is 0 Å². The summed E-state index contributed by atoms with van der Waals surface area (Å²) in [5, 5.41) is 0. The zero-order valence-corrected chi connectivity index (χ0v) is 5.57. The molecule has 0 unspecified atom stereocenters. The predicted molar refractivity (Wildman–Crippen MR) is 34.7 cm³/mol. The third kappa shape index (κ3) is 4.70. The first-order valence-corrected chi connectivity index (χ1v) is 4.07. The molecule has 0 aliphatic heterocycles. The third-order valence-electron chi connectivity index (χ3n) is 0.581. The standard InChI is InChI=1S/C4H10S2/c1-2-3-4-6-5/h5H,2-4H2,1H3/p-1. The fraction of sp³-hybridized carbons (Fsp3) is 1.00. The number of hydrogen-bond acceptors (Lipinski definition) is 2. The summed E-state index contributed by atoms with van der Waals surface area (Å²) in [6.45, 7) is 2.17. The van der Waals surface area contributed by atoms with Crippen LogP contribution in [0.4, 0.5) is 0 Å². The highest BCUT2D eigenvalue weighted by molar-refractivity contribution is 8.59. The van der Waals surface area contributed by atoms with Gasteiger partial charge in [0.05, 0.1) is 0 Å². The SMILES string of the molecule is CCCCS[S-]. The van der Waals surface area contributed by atoms with Crippen LogP contribution < -0.4 is 0 Å². The van der Waals surface area contributed by atoms with E-state index >= 15 is 0 Å². The van der Waals surface area contributed by atoms with Gasteiger partial charge in [-0.3, -0.25) is 0 Å². The van der Waals surface area contributed by atoms with Gasteiger partial charge in [-0.15, -0.1) is 0 Å². The Hall–Kier alpha value is 0.700. The fourth-order valence-corrected chi connectivity index (χ4v) is 0.963. The van der Waals surface area contributed by atoms with Gasteiger partial charge in [-0.2, -0.15) is 0 Å². The molecule has 0 heterocycles. The van der Waals surface area contributed by atoms with E-state index < -0.39 is 0 Å². The van der Waals surface area contributed by atoms with Crippen LogP contribution in [0.2, 0.25) is 0 Å². The van der Waals surface area contributed by atoms with Crippen molar-refractivity contribution >= 4 is 22.5 Å². The zero-order chi connectivity index (χ0) is 4.83. The van der Waals surface area contributed by atoms with E-state index in [-0.39, 0.29) is 0 Å². The Kier molecular flexibility index (Phi) is 6.36. The van der Waals surface area contributed by atoms with E-state index in [1.165, 1.54) is 23.6 Å². The Labute approximate surface area is 48.5 Å². The Balaban J connectivity index is 2.34. The van der Waals surface area contributed by atoms with Gasteiger partial charge in [0.25, 0.3) is 0 Å². The molecule has 0 saturated heterocycles. The van der Waals surface area contributed by atoms with E-state index in [1.54, 1.807) is 0 Å². The first-order chi connectivity index (χ1) is 2.91. The first kappa shape index (κ1) is 6.70. The van der Waals surface area contributed by atoms with Crippen molar-refractivity contribution in [1.82, 2.24) is 0 Å². The molecular formula is C4H9S2-. The Bertz CT molecular complexity index is 17.5. The average Bonchev–Trinajstić information content (AvgIpc) is 1.61. The van der Waals surface area contributed by atoms with Crippen LogP contribution in [0.15, 0.2) is 0 Å². The van der Waals surface area contributed by atoms with E-state index in [1.807, 2.05) is 0 Å². The van der Waals surface area contributed by atoms with Crippen molar-refractivity contribution in [3.63, 3.8) is 0 Å². The minimum Gasteiger partial charge on any atom is -0.719 e. The van der Waals surface area contributed by atoms with Crippen molar-refractivity contribution in [2.24, 2.45) is 0 Å². The van der Waals surface area contributed by atoms with Crippen LogP contribution in [0.25, 0.3) is 0 Å². The van der Waals surface area contributed by atoms with Gasteiger partial charge in [0.1, 0.15) is 0 Å². The smallest absolute Gasteiger partial charge is 0.0308 e. The van der Waals surface area contributed by atoms with Gasteiger partial charge < -0.3 is 22.5 Å². The second-order valence-corrected chi connectivity index (χ2v) is 2.53. The molecule has 0 fully saturated rings. The summed E-state index contributed by atoms with van der Waals surface area (Å²) in [5.74, 6) is 1.14. The highest BCUT2D eigenvalue weighted by Crippen LogP contribution is 1.98. The molecule has 0 atom stereocenters. The van der Waals surface area contributed by atoms with Crippen LogP contribution in [-0.2, 0) is 11.7 Å². The normalized spacial score (nSPS) is 9.00. The maximum absolute atomic E-state index is 4.63. The molecule has 0 aromatic carbocycles. The van der Waals surface area contributed by atoms with Gasteiger partial charge in [-0.1, -0.05) is 13.3 Å². The van der Waals surface area contributed by atoms with Crippen LogP contribution in [0.3, 0.4) is 0 Å². The predicted octanol–water partition coefficient (Wildman–Crippen LogP) is 1.98. The third-order valence-corrected chi connectivity index (χ3v) is 1.54. The average molecular weight is 121 g/mol. The maximum Gasteiger partial charge on any atom is -0.0308 e. The molecule has 0 bridgehead atoms. The minimum absolute atomic E-state index is 1.14. The number of rotatable bonds is 3.